The van der Waals surface area contributed by atoms with Crippen LogP contribution in [-0.4, -0.2) is 60.7 Å². The summed E-state index contributed by atoms with van der Waals surface area (Å²) in [6.07, 6.45) is 1.37. The number of alkyl halides is 3. The maximum Gasteiger partial charge on any atom is 0.490 e. The highest BCUT2D eigenvalue weighted by molar-refractivity contribution is 7.12. The number of rotatable bonds is 3. The van der Waals surface area contributed by atoms with Crippen molar-refractivity contribution in [3.05, 3.63) is 70.6 Å². The number of fused-ring (bicyclic) bond motifs is 1. The lowest BCUT2D eigenvalue weighted by Gasteiger charge is -2.15. The van der Waals surface area contributed by atoms with Crippen molar-refractivity contribution >= 4 is 28.9 Å². The van der Waals surface area contributed by atoms with Gasteiger partial charge in [-0.25, -0.2) is 14.3 Å². The van der Waals surface area contributed by atoms with Crippen LogP contribution in [0.1, 0.15) is 33.4 Å². The van der Waals surface area contributed by atoms with Crippen LogP contribution in [0.25, 0.3) is 16.8 Å². The number of halogens is 3. The van der Waals surface area contributed by atoms with Crippen LogP contribution < -0.4 is 0 Å². The maximum absolute atomic E-state index is 12.8. The fraction of sp³-hybridized carbons (Fsp3) is 0.261. The topological polar surface area (TPSA) is 101 Å². The van der Waals surface area contributed by atoms with Crippen LogP contribution in [0.15, 0.2) is 54.3 Å². The molecule has 5 heterocycles. The molecule has 0 saturated carbocycles. The molecular formula is C23H20F3N5O3S. The lowest BCUT2D eigenvalue weighted by molar-refractivity contribution is -0.192. The second-order valence-corrected chi connectivity index (χ2v) is 8.81. The summed E-state index contributed by atoms with van der Waals surface area (Å²) < 4.78 is 33.6. The van der Waals surface area contributed by atoms with Crippen LogP contribution >= 0.6 is 11.3 Å². The van der Waals surface area contributed by atoms with Gasteiger partial charge in [0.15, 0.2) is 11.5 Å². The van der Waals surface area contributed by atoms with E-state index in [1.54, 1.807) is 12.4 Å². The van der Waals surface area contributed by atoms with E-state index in [4.69, 9.17) is 20.0 Å². The van der Waals surface area contributed by atoms with Gasteiger partial charge in [-0.15, -0.1) is 11.3 Å². The summed E-state index contributed by atoms with van der Waals surface area (Å²) >= 11 is 1.51. The Morgan fingerprint density at radius 3 is 2.46 bits per heavy atom. The van der Waals surface area contributed by atoms with Gasteiger partial charge in [0, 0.05) is 43.2 Å². The highest BCUT2D eigenvalue weighted by Gasteiger charge is 2.38. The predicted molar refractivity (Wildman–Crippen MR) is 122 cm³/mol. The molecule has 1 unspecified atom stereocenters. The van der Waals surface area contributed by atoms with Crippen molar-refractivity contribution in [2.75, 3.05) is 13.1 Å². The number of hydrogen-bond acceptors (Lipinski definition) is 6. The number of aliphatic carboxylic acids is 1. The molecule has 4 aromatic rings. The molecule has 1 saturated heterocycles. The van der Waals surface area contributed by atoms with E-state index in [-0.39, 0.29) is 11.8 Å². The zero-order chi connectivity index (χ0) is 25.2. The number of carbonyl (C=O) groups excluding carboxylic acids is 1. The van der Waals surface area contributed by atoms with Crippen LogP contribution in [0.4, 0.5) is 13.2 Å². The van der Waals surface area contributed by atoms with Crippen LogP contribution in [0.3, 0.4) is 0 Å². The number of likely N-dealkylation sites (tertiary alicyclic amines) is 1. The number of carboxylic acid groups (broad SMARTS) is 1. The van der Waals surface area contributed by atoms with Gasteiger partial charge in [-0.1, -0.05) is 0 Å². The highest BCUT2D eigenvalue weighted by Crippen LogP contribution is 2.29. The molecule has 0 aliphatic carbocycles. The first-order chi connectivity index (χ1) is 16.6. The summed E-state index contributed by atoms with van der Waals surface area (Å²) in [4.78, 5) is 33.2. The predicted octanol–water partition coefficient (Wildman–Crippen LogP) is 4.42. The van der Waals surface area contributed by atoms with E-state index in [1.165, 1.54) is 11.3 Å². The van der Waals surface area contributed by atoms with Gasteiger partial charge in [-0.3, -0.25) is 9.78 Å². The maximum atomic E-state index is 12.8. The fourth-order valence-corrected chi connectivity index (χ4v) is 4.57. The first-order valence-electron chi connectivity index (χ1n) is 10.5. The van der Waals surface area contributed by atoms with Gasteiger partial charge in [-0.05, 0) is 60.2 Å². The summed E-state index contributed by atoms with van der Waals surface area (Å²) in [5.74, 6) is -1.65. The molecule has 8 nitrogen and oxygen atoms in total. The van der Waals surface area contributed by atoms with Crippen LogP contribution in [0, 0.1) is 6.92 Å². The monoisotopic (exact) mass is 503 g/mol. The van der Waals surface area contributed by atoms with Gasteiger partial charge in [0.25, 0.3) is 5.91 Å². The minimum atomic E-state index is -5.08. The van der Waals surface area contributed by atoms with E-state index in [2.05, 4.69) is 4.98 Å². The van der Waals surface area contributed by atoms with Crippen molar-refractivity contribution in [1.82, 2.24) is 24.5 Å². The quantitative estimate of drug-likeness (QED) is 0.444. The van der Waals surface area contributed by atoms with Crippen molar-refractivity contribution in [2.24, 2.45) is 0 Å². The molecule has 1 aliphatic rings. The normalized spacial score (nSPS) is 15.7. The Kier molecular flexibility index (Phi) is 6.83. The first kappa shape index (κ1) is 24.3. The molecule has 1 amide bonds. The van der Waals surface area contributed by atoms with Gasteiger partial charge in [0.1, 0.15) is 0 Å². The molecule has 1 atom stereocenters. The molecule has 0 aromatic carbocycles. The standard InChI is InChI=1S/C21H19N5OS.C2HF3O2/c1-14-7-11-28-19(14)21(27)25-10-6-17(12-25)20-23-18-3-2-16(13-26(18)24-20)15-4-8-22-9-5-15;3-2(4,5)1(6)7/h2-5,7-9,11,13,17H,6,10,12H2,1H3;(H,6,7). The van der Waals surface area contributed by atoms with E-state index < -0.39 is 12.1 Å². The third-order valence-electron chi connectivity index (χ3n) is 5.50. The number of thiophene rings is 1. The summed E-state index contributed by atoms with van der Waals surface area (Å²) in [6.45, 7) is 3.41. The smallest absolute Gasteiger partial charge is 0.475 e. The van der Waals surface area contributed by atoms with Crippen molar-refractivity contribution < 1.29 is 27.9 Å². The minimum absolute atomic E-state index is 0.124. The Balaban J connectivity index is 0.000000364. The van der Waals surface area contributed by atoms with E-state index in [0.717, 1.165) is 46.0 Å². The van der Waals surface area contributed by atoms with Crippen LogP contribution in [0.5, 0.6) is 0 Å². The fourth-order valence-electron chi connectivity index (χ4n) is 3.68. The number of carbonyl (C=O) groups is 2. The summed E-state index contributed by atoms with van der Waals surface area (Å²) in [6, 6.07) is 9.99. The largest absolute Gasteiger partial charge is 0.490 e. The molecule has 0 radical (unpaired) electrons. The highest BCUT2D eigenvalue weighted by atomic mass is 32.1. The summed E-state index contributed by atoms with van der Waals surface area (Å²) in [5.41, 5.74) is 4.04. The third kappa shape index (κ3) is 5.48. The van der Waals surface area contributed by atoms with Crippen LogP contribution in [0.2, 0.25) is 0 Å². The molecule has 1 fully saturated rings. The van der Waals surface area contributed by atoms with E-state index in [0.29, 0.717) is 6.54 Å². The lowest BCUT2D eigenvalue weighted by Crippen LogP contribution is -2.28. The summed E-state index contributed by atoms with van der Waals surface area (Å²) in [5, 5.41) is 13.8. The molecule has 1 N–H and O–H groups in total. The number of aryl methyl sites for hydroxylation is 1. The molecule has 4 aromatic heterocycles. The molecule has 182 valence electrons. The number of aromatic nitrogens is 4. The van der Waals surface area contributed by atoms with E-state index >= 15 is 0 Å². The van der Waals surface area contributed by atoms with E-state index in [1.807, 2.05) is 58.2 Å². The second-order valence-electron chi connectivity index (χ2n) is 7.90. The molecule has 0 bridgehead atoms. The van der Waals surface area contributed by atoms with Crippen molar-refractivity contribution in [3.63, 3.8) is 0 Å². The molecule has 1 aliphatic heterocycles. The third-order valence-corrected chi connectivity index (χ3v) is 6.50. The Labute approximate surface area is 201 Å². The Bertz CT molecular complexity index is 1350. The molecule has 0 spiro atoms. The second kappa shape index (κ2) is 9.82. The van der Waals surface area contributed by atoms with Crippen molar-refractivity contribution in [2.45, 2.75) is 25.4 Å². The molecule has 12 heteroatoms. The van der Waals surface area contributed by atoms with Gasteiger partial charge in [0.05, 0.1) is 4.88 Å². The van der Waals surface area contributed by atoms with Crippen molar-refractivity contribution in [1.29, 1.82) is 0 Å². The molecule has 35 heavy (non-hydrogen) atoms. The van der Waals surface area contributed by atoms with Crippen molar-refractivity contribution in [3.8, 4) is 11.1 Å². The zero-order valence-corrected chi connectivity index (χ0v) is 19.3. The number of carboxylic acids is 1. The average Bonchev–Trinajstić information content (AvgIpc) is 3.57. The van der Waals surface area contributed by atoms with E-state index in [9.17, 15) is 18.0 Å². The number of hydrogen-bond donors (Lipinski definition) is 1. The average molecular weight is 504 g/mol. The zero-order valence-electron chi connectivity index (χ0n) is 18.4. The van der Waals surface area contributed by atoms with Crippen LogP contribution in [-0.2, 0) is 4.79 Å². The lowest BCUT2D eigenvalue weighted by atomic mass is 10.1. The number of amides is 1. The molecular weight excluding hydrogens is 483 g/mol. The Hall–Kier alpha value is -3.80. The van der Waals surface area contributed by atoms with Gasteiger partial charge in [0.2, 0.25) is 0 Å². The van der Waals surface area contributed by atoms with Gasteiger partial charge in [-0.2, -0.15) is 18.3 Å². The first-order valence-corrected chi connectivity index (χ1v) is 11.4. The minimum Gasteiger partial charge on any atom is -0.475 e. The number of pyridine rings is 2. The summed E-state index contributed by atoms with van der Waals surface area (Å²) in [7, 11) is 0. The Morgan fingerprint density at radius 1 is 1.11 bits per heavy atom. The molecule has 5 rings (SSSR count). The Morgan fingerprint density at radius 2 is 1.83 bits per heavy atom. The SMILES string of the molecule is Cc1ccsc1C(=O)N1CCC(c2nc3ccc(-c4ccncc4)cn3n2)C1.O=C(O)C(F)(F)F. The number of nitrogens with zero attached hydrogens (tertiary/aromatic N) is 5. The van der Waals surface area contributed by atoms with Gasteiger partial charge >= 0.3 is 12.1 Å². The van der Waals surface area contributed by atoms with Gasteiger partial charge < -0.3 is 10.0 Å².